The summed E-state index contributed by atoms with van der Waals surface area (Å²) < 4.78 is 7.41. The van der Waals surface area contributed by atoms with Gasteiger partial charge in [-0.2, -0.15) is 0 Å². The van der Waals surface area contributed by atoms with Gasteiger partial charge in [0.1, 0.15) is 5.75 Å². The molecule has 1 unspecified atom stereocenters. The average molecular weight is 459 g/mol. The average Bonchev–Trinajstić information content (AvgIpc) is 3.27. The number of amides is 1. The zero-order valence-corrected chi connectivity index (χ0v) is 19.7. The number of benzene rings is 3. The first-order valence-electron chi connectivity index (χ1n) is 10.7. The van der Waals surface area contributed by atoms with Crippen molar-refractivity contribution in [1.82, 2.24) is 20.1 Å². The van der Waals surface area contributed by atoms with Crippen LogP contribution in [0.15, 0.2) is 84.0 Å². The molecule has 1 N–H and O–H groups in total. The summed E-state index contributed by atoms with van der Waals surface area (Å²) in [5, 5.41) is 12.6. The summed E-state index contributed by atoms with van der Waals surface area (Å²) in [5.74, 6) is 1.63. The topological polar surface area (TPSA) is 69.0 Å². The zero-order chi connectivity index (χ0) is 23.2. The highest BCUT2D eigenvalue weighted by Crippen LogP contribution is 2.29. The smallest absolute Gasteiger partial charge is 0.230 e. The molecule has 0 saturated carbocycles. The minimum atomic E-state index is -0.177. The number of nitrogens with one attached hydrogen (secondary N) is 1. The van der Waals surface area contributed by atoms with Crippen LogP contribution in [0, 0.1) is 6.92 Å². The molecule has 7 heteroatoms. The largest absolute Gasteiger partial charge is 0.496 e. The van der Waals surface area contributed by atoms with Gasteiger partial charge in [-0.15, -0.1) is 10.2 Å². The van der Waals surface area contributed by atoms with E-state index in [2.05, 4.69) is 34.6 Å². The Kier molecular flexibility index (Phi) is 7.10. The SMILES string of the molecule is COc1ccccc1C(C)NC(=O)CSc1nnc(-c2ccccc2)n1-c1ccc(C)cc1. The molecule has 4 rings (SSSR count). The number of aromatic nitrogens is 3. The summed E-state index contributed by atoms with van der Waals surface area (Å²) in [6, 6.07) is 25.6. The van der Waals surface area contributed by atoms with Crippen LogP contribution in [-0.4, -0.2) is 33.5 Å². The van der Waals surface area contributed by atoms with Gasteiger partial charge in [0.2, 0.25) is 5.91 Å². The Balaban J connectivity index is 1.54. The molecule has 1 heterocycles. The molecule has 0 fully saturated rings. The fourth-order valence-corrected chi connectivity index (χ4v) is 4.34. The fourth-order valence-electron chi connectivity index (χ4n) is 3.58. The third-order valence-electron chi connectivity index (χ3n) is 5.27. The molecular weight excluding hydrogens is 432 g/mol. The maximum Gasteiger partial charge on any atom is 0.230 e. The molecule has 0 aliphatic heterocycles. The number of rotatable bonds is 8. The summed E-state index contributed by atoms with van der Waals surface area (Å²) in [7, 11) is 1.63. The number of hydrogen-bond donors (Lipinski definition) is 1. The lowest BCUT2D eigenvalue weighted by atomic mass is 10.1. The van der Waals surface area contributed by atoms with Gasteiger partial charge in [-0.25, -0.2) is 0 Å². The molecular formula is C26H26N4O2S. The zero-order valence-electron chi connectivity index (χ0n) is 18.9. The first kappa shape index (κ1) is 22.6. The van der Waals surface area contributed by atoms with Crippen LogP contribution in [0.25, 0.3) is 17.1 Å². The van der Waals surface area contributed by atoms with Gasteiger partial charge in [0.15, 0.2) is 11.0 Å². The molecule has 33 heavy (non-hydrogen) atoms. The number of nitrogens with zero attached hydrogens (tertiary/aromatic N) is 3. The van der Waals surface area contributed by atoms with Gasteiger partial charge in [0, 0.05) is 16.8 Å². The predicted octanol–water partition coefficient (Wildman–Crippen LogP) is 5.22. The van der Waals surface area contributed by atoms with Crippen molar-refractivity contribution in [2.75, 3.05) is 12.9 Å². The first-order valence-corrected chi connectivity index (χ1v) is 11.7. The van der Waals surface area contributed by atoms with Crippen LogP contribution in [0.5, 0.6) is 5.75 Å². The number of methoxy groups -OCH3 is 1. The molecule has 6 nitrogen and oxygen atoms in total. The Morgan fingerprint density at radius 1 is 1.00 bits per heavy atom. The van der Waals surface area contributed by atoms with Crippen molar-refractivity contribution in [2.24, 2.45) is 0 Å². The molecule has 3 aromatic carbocycles. The molecule has 0 aliphatic rings. The fraction of sp³-hybridized carbons (Fsp3) is 0.192. The third kappa shape index (κ3) is 5.26. The maximum absolute atomic E-state index is 12.7. The van der Waals surface area contributed by atoms with E-state index in [9.17, 15) is 4.79 Å². The van der Waals surface area contributed by atoms with Crippen molar-refractivity contribution in [3.8, 4) is 22.8 Å². The van der Waals surface area contributed by atoms with E-state index in [1.807, 2.05) is 78.2 Å². The summed E-state index contributed by atoms with van der Waals surface area (Å²) in [4.78, 5) is 12.7. The summed E-state index contributed by atoms with van der Waals surface area (Å²) >= 11 is 1.36. The highest BCUT2D eigenvalue weighted by molar-refractivity contribution is 7.99. The van der Waals surface area contributed by atoms with Gasteiger partial charge in [-0.3, -0.25) is 9.36 Å². The van der Waals surface area contributed by atoms with Gasteiger partial charge in [-0.05, 0) is 32.0 Å². The first-order chi connectivity index (χ1) is 16.1. The van der Waals surface area contributed by atoms with Crippen LogP contribution in [0.4, 0.5) is 0 Å². The highest BCUT2D eigenvalue weighted by atomic mass is 32.2. The Bertz CT molecular complexity index is 1220. The van der Waals surface area contributed by atoms with Crippen LogP contribution in [0.3, 0.4) is 0 Å². The number of carbonyl (C=O) groups is 1. The molecule has 1 atom stereocenters. The monoisotopic (exact) mass is 458 g/mol. The van der Waals surface area contributed by atoms with E-state index in [0.29, 0.717) is 5.16 Å². The number of thioether (sulfide) groups is 1. The van der Waals surface area contributed by atoms with Crippen LogP contribution >= 0.6 is 11.8 Å². The van der Waals surface area contributed by atoms with Gasteiger partial charge in [0.05, 0.1) is 18.9 Å². The molecule has 0 radical (unpaired) electrons. The lowest BCUT2D eigenvalue weighted by Gasteiger charge is -2.17. The third-order valence-corrected chi connectivity index (χ3v) is 6.20. The number of ether oxygens (including phenoxy) is 1. The normalized spacial score (nSPS) is 11.7. The Hall–Kier alpha value is -3.58. The minimum Gasteiger partial charge on any atom is -0.496 e. The van der Waals surface area contributed by atoms with Crippen molar-refractivity contribution >= 4 is 17.7 Å². The second kappa shape index (κ2) is 10.4. The van der Waals surface area contributed by atoms with Crippen LogP contribution in [0.1, 0.15) is 24.1 Å². The predicted molar refractivity (Wildman–Crippen MR) is 132 cm³/mol. The summed E-state index contributed by atoms with van der Waals surface area (Å²) in [6.07, 6.45) is 0. The van der Waals surface area contributed by atoms with Crippen molar-refractivity contribution in [3.63, 3.8) is 0 Å². The standard InChI is InChI=1S/C26H26N4O2S/c1-18-13-15-21(16-14-18)30-25(20-9-5-4-6-10-20)28-29-26(30)33-17-24(31)27-19(2)22-11-7-8-12-23(22)32-3/h4-16,19H,17H2,1-3H3,(H,27,31). The second-order valence-corrected chi connectivity index (χ2v) is 8.61. The highest BCUT2D eigenvalue weighted by Gasteiger charge is 2.19. The van der Waals surface area contributed by atoms with Gasteiger partial charge in [-0.1, -0.05) is 78.0 Å². The minimum absolute atomic E-state index is 0.0851. The van der Waals surface area contributed by atoms with Gasteiger partial charge < -0.3 is 10.1 Å². The Morgan fingerprint density at radius 3 is 2.42 bits per heavy atom. The Labute approximate surface area is 198 Å². The van der Waals surface area contributed by atoms with E-state index >= 15 is 0 Å². The van der Waals surface area contributed by atoms with E-state index < -0.39 is 0 Å². The molecule has 0 spiro atoms. The molecule has 1 aromatic heterocycles. The van der Waals surface area contributed by atoms with Crippen molar-refractivity contribution in [1.29, 1.82) is 0 Å². The van der Waals surface area contributed by atoms with E-state index in [1.165, 1.54) is 17.3 Å². The van der Waals surface area contributed by atoms with E-state index in [0.717, 1.165) is 28.4 Å². The van der Waals surface area contributed by atoms with Gasteiger partial charge >= 0.3 is 0 Å². The van der Waals surface area contributed by atoms with Crippen molar-refractivity contribution in [2.45, 2.75) is 25.0 Å². The molecule has 4 aromatic rings. The van der Waals surface area contributed by atoms with Crippen molar-refractivity contribution in [3.05, 3.63) is 90.0 Å². The van der Waals surface area contributed by atoms with Crippen LogP contribution < -0.4 is 10.1 Å². The summed E-state index contributed by atoms with van der Waals surface area (Å²) in [6.45, 7) is 4.00. The van der Waals surface area contributed by atoms with Crippen LogP contribution in [0.2, 0.25) is 0 Å². The van der Waals surface area contributed by atoms with Crippen molar-refractivity contribution < 1.29 is 9.53 Å². The maximum atomic E-state index is 12.7. The molecule has 1 amide bonds. The lowest BCUT2D eigenvalue weighted by Crippen LogP contribution is -2.28. The summed E-state index contributed by atoms with van der Waals surface area (Å²) in [5.41, 5.74) is 4.03. The molecule has 168 valence electrons. The Morgan fingerprint density at radius 2 is 1.70 bits per heavy atom. The quantitative estimate of drug-likeness (QED) is 0.367. The van der Waals surface area contributed by atoms with E-state index in [4.69, 9.17) is 4.74 Å². The number of para-hydroxylation sites is 1. The molecule has 0 bridgehead atoms. The number of aryl methyl sites for hydroxylation is 1. The van der Waals surface area contributed by atoms with Crippen LogP contribution in [-0.2, 0) is 4.79 Å². The van der Waals surface area contributed by atoms with E-state index in [1.54, 1.807) is 7.11 Å². The second-order valence-electron chi connectivity index (χ2n) is 7.66. The van der Waals surface area contributed by atoms with E-state index in [-0.39, 0.29) is 17.7 Å². The molecule has 0 aliphatic carbocycles. The number of carbonyl (C=O) groups excluding carboxylic acids is 1. The lowest BCUT2D eigenvalue weighted by molar-refractivity contribution is -0.119. The number of hydrogen-bond acceptors (Lipinski definition) is 5. The molecule has 0 saturated heterocycles. The van der Waals surface area contributed by atoms with Gasteiger partial charge in [0.25, 0.3) is 0 Å².